The van der Waals surface area contributed by atoms with Crippen molar-refractivity contribution in [2.75, 3.05) is 11.9 Å². The van der Waals surface area contributed by atoms with E-state index in [1.807, 2.05) is 37.3 Å². The minimum absolute atomic E-state index is 0.381. The summed E-state index contributed by atoms with van der Waals surface area (Å²) in [6, 6.07) is 11.3. The highest BCUT2D eigenvalue weighted by atomic mass is 35.5. The Morgan fingerprint density at radius 1 is 1.25 bits per heavy atom. The molecule has 0 bridgehead atoms. The summed E-state index contributed by atoms with van der Waals surface area (Å²) in [5.74, 6) is 1.20. The smallest absolute Gasteiger partial charge is 0.163 e. The highest BCUT2D eigenvalue weighted by Gasteiger charge is 2.07. The van der Waals surface area contributed by atoms with E-state index < -0.39 is 0 Å². The van der Waals surface area contributed by atoms with Crippen LogP contribution in [0.15, 0.2) is 36.4 Å². The SMILES string of the molecule is CCCC(O)CNc1cc(Cl)nc(-c2ccccc2)n1. The summed E-state index contributed by atoms with van der Waals surface area (Å²) in [6.45, 7) is 2.49. The van der Waals surface area contributed by atoms with E-state index in [0.717, 1.165) is 18.4 Å². The van der Waals surface area contributed by atoms with Crippen molar-refractivity contribution in [3.63, 3.8) is 0 Å². The summed E-state index contributed by atoms with van der Waals surface area (Å²) in [4.78, 5) is 8.64. The first kappa shape index (κ1) is 14.8. The molecule has 1 aromatic heterocycles. The molecule has 1 atom stereocenters. The molecule has 0 aliphatic carbocycles. The third-order valence-corrected chi connectivity index (χ3v) is 3.06. The van der Waals surface area contributed by atoms with Crippen LogP contribution < -0.4 is 5.32 Å². The molecular weight excluding hydrogens is 274 g/mol. The summed E-state index contributed by atoms with van der Waals surface area (Å²) in [7, 11) is 0. The van der Waals surface area contributed by atoms with Crippen LogP contribution in [0.5, 0.6) is 0 Å². The topological polar surface area (TPSA) is 58.0 Å². The molecule has 0 radical (unpaired) electrons. The van der Waals surface area contributed by atoms with Gasteiger partial charge in [0.1, 0.15) is 11.0 Å². The molecule has 0 saturated carbocycles. The second kappa shape index (κ2) is 7.22. The van der Waals surface area contributed by atoms with Gasteiger partial charge in [0, 0.05) is 18.2 Å². The van der Waals surface area contributed by atoms with Crippen molar-refractivity contribution in [3.05, 3.63) is 41.6 Å². The molecule has 0 aliphatic rings. The molecule has 5 heteroatoms. The zero-order chi connectivity index (χ0) is 14.4. The van der Waals surface area contributed by atoms with Gasteiger partial charge in [-0.1, -0.05) is 55.3 Å². The second-order valence-electron chi connectivity index (χ2n) is 4.59. The maximum atomic E-state index is 9.73. The van der Waals surface area contributed by atoms with Crippen molar-refractivity contribution >= 4 is 17.4 Å². The van der Waals surface area contributed by atoms with Crippen molar-refractivity contribution in [1.82, 2.24) is 9.97 Å². The van der Waals surface area contributed by atoms with Crippen LogP contribution in [0.3, 0.4) is 0 Å². The first-order chi connectivity index (χ1) is 9.69. The molecule has 2 rings (SSSR count). The van der Waals surface area contributed by atoms with Gasteiger partial charge in [0.05, 0.1) is 6.10 Å². The molecule has 0 spiro atoms. The molecule has 0 fully saturated rings. The van der Waals surface area contributed by atoms with Crippen LogP contribution in [-0.4, -0.2) is 27.7 Å². The number of hydrogen-bond acceptors (Lipinski definition) is 4. The van der Waals surface area contributed by atoms with Gasteiger partial charge in [0.25, 0.3) is 0 Å². The fourth-order valence-electron chi connectivity index (χ4n) is 1.88. The summed E-state index contributed by atoms with van der Waals surface area (Å²) in [5, 5.41) is 13.2. The summed E-state index contributed by atoms with van der Waals surface area (Å²) in [6.07, 6.45) is 1.33. The number of hydrogen-bond donors (Lipinski definition) is 2. The molecule has 1 unspecified atom stereocenters. The van der Waals surface area contributed by atoms with Crippen LogP contribution in [0.4, 0.5) is 5.82 Å². The number of anilines is 1. The fourth-order valence-corrected chi connectivity index (χ4v) is 2.07. The molecule has 1 heterocycles. The van der Waals surface area contributed by atoms with E-state index in [-0.39, 0.29) is 6.10 Å². The van der Waals surface area contributed by atoms with Crippen LogP contribution in [0.1, 0.15) is 19.8 Å². The number of aliphatic hydroxyl groups excluding tert-OH is 1. The van der Waals surface area contributed by atoms with Gasteiger partial charge < -0.3 is 10.4 Å². The number of rotatable bonds is 6. The Morgan fingerprint density at radius 2 is 2.00 bits per heavy atom. The molecule has 2 aromatic rings. The molecule has 2 N–H and O–H groups in total. The monoisotopic (exact) mass is 291 g/mol. The Kier molecular flexibility index (Phi) is 5.32. The standard InChI is InChI=1S/C15H18ClN3O/c1-2-6-12(20)10-17-14-9-13(16)18-15(19-14)11-7-4-3-5-8-11/h3-5,7-9,12,20H,2,6,10H2,1H3,(H,17,18,19). The predicted molar refractivity (Wildman–Crippen MR) is 81.9 cm³/mol. The third kappa shape index (κ3) is 4.18. The van der Waals surface area contributed by atoms with Gasteiger partial charge in [-0.15, -0.1) is 0 Å². The number of benzene rings is 1. The molecule has 0 saturated heterocycles. The second-order valence-corrected chi connectivity index (χ2v) is 4.98. The Hall–Kier alpha value is -1.65. The molecule has 106 valence electrons. The van der Waals surface area contributed by atoms with Crippen molar-refractivity contribution in [2.24, 2.45) is 0 Å². The molecule has 0 amide bonds. The van der Waals surface area contributed by atoms with Gasteiger partial charge in [-0.25, -0.2) is 9.97 Å². The van der Waals surface area contributed by atoms with Crippen molar-refractivity contribution < 1.29 is 5.11 Å². The average molecular weight is 292 g/mol. The van der Waals surface area contributed by atoms with Gasteiger partial charge in [0.2, 0.25) is 0 Å². The van der Waals surface area contributed by atoms with E-state index >= 15 is 0 Å². The average Bonchev–Trinajstić information content (AvgIpc) is 2.46. The van der Waals surface area contributed by atoms with Crippen LogP contribution in [-0.2, 0) is 0 Å². The lowest BCUT2D eigenvalue weighted by Crippen LogP contribution is -2.19. The molecule has 4 nitrogen and oxygen atoms in total. The lowest BCUT2D eigenvalue weighted by molar-refractivity contribution is 0.176. The van der Waals surface area contributed by atoms with Crippen LogP contribution in [0, 0.1) is 0 Å². The predicted octanol–water partition coefficient (Wildman–Crippen LogP) is 3.37. The normalized spacial score (nSPS) is 12.2. The lowest BCUT2D eigenvalue weighted by atomic mass is 10.2. The highest BCUT2D eigenvalue weighted by molar-refractivity contribution is 6.29. The first-order valence-electron chi connectivity index (χ1n) is 6.71. The van der Waals surface area contributed by atoms with E-state index in [4.69, 9.17) is 11.6 Å². The van der Waals surface area contributed by atoms with Gasteiger partial charge in [-0.3, -0.25) is 0 Å². The zero-order valence-electron chi connectivity index (χ0n) is 11.4. The summed E-state index contributed by atoms with van der Waals surface area (Å²) >= 11 is 6.02. The van der Waals surface area contributed by atoms with Crippen molar-refractivity contribution in [2.45, 2.75) is 25.9 Å². The number of nitrogens with zero attached hydrogens (tertiary/aromatic N) is 2. The van der Waals surface area contributed by atoms with Crippen LogP contribution in [0.2, 0.25) is 5.15 Å². The Bertz CT molecular complexity index is 548. The van der Waals surface area contributed by atoms with Crippen molar-refractivity contribution in [3.8, 4) is 11.4 Å². The first-order valence-corrected chi connectivity index (χ1v) is 7.08. The largest absolute Gasteiger partial charge is 0.391 e. The molecule has 20 heavy (non-hydrogen) atoms. The highest BCUT2D eigenvalue weighted by Crippen LogP contribution is 2.20. The molecular formula is C15H18ClN3O. The van der Waals surface area contributed by atoms with Gasteiger partial charge in [0.15, 0.2) is 5.82 Å². The Balaban J connectivity index is 2.13. The minimum Gasteiger partial charge on any atom is -0.391 e. The number of aromatic nitrogens is 2. The van der Waals surface area contributed by atoms with E-state index in [2.05, 4.69) is 15.3 Å². The van der Waals surface area contributed by atoms with Crippen molar-refractivity contribution in [1.29, 1.82) is 0 Å². The summed E-state index contributed by atoms with van der Waals surface area (Å²) in [5.41, 5.74) is 0.909. The van der Waals surface area contributed by atoms with E-state index in [1.54, 1.807) is 6.07 Å². The lowest BCUT2D eigenvalue weighted by Gasteiger charge is -2.12. The molecule has 1 aromatic carbocycles. The van der Waals surface area contributed by atoms with Crippen LogP contribution in [0.25, 0.3) is 11.4 Å². The number of aliphatic hydroxyl groups is 1. The summed E-state index contributed by atoms with van der Waals surface area (Å²) < 4.78 is 0. The fraction of sp³-hybridized carbons (Fsp3) is 0.333. The maximum Gasteiger partial charge on any atom is 0.163 e. The van der Waals surface area contributed by atoms with Gasteiger partial charge >= 0.3 is 0 Å². The van der Waals surface area contributed by atoms with E-state index in [0.29, 0.717) is 23.3 Å². The minimum atomic E-state index is -0.381. The molecule has 0 aliphatic heterocycles. The van der Waals surface area contributed by atoms with Crippen LogP contribution >= 0.6 is 11.6 Å². The van der Waals surface area contributed by atoms with E-state index in [9.17, 15) is 5.11 Å². The quantitative estimate of drug-likeness (QED) is 0.801. The number of halogens is 1. The maximum absolute atomic E-state index is 9.73. The number of nitrogens with one attached hydrogen (secondary N) is 1. The Morgan fingerprint density at radius 3 is 2.70 bits per heavy atom. The Labute approximate surface area is 123 Å². The van der Waals surface area contributed by atoms with E-state index in [1.165, 1.54) is 0 Å². The van der Waals surface area contributed by atoms with Gasteiger partial charge in [-0.2, -0.15) is 0 Å². The van der Waals surface area contributed by atoms with Gasteiger partial charge in [-0.05, 0) is 6.42 Å². The third-order valence-electron chi connectivity index (χ3n) is 2.87. The zero-order valence-corrected chi connectivity index (χ0v) is 12.1.